The highest BCUT2D eigenvalue weighted by atomic mass is 16.4. The van der Waals surface area contributed by atoms with Crippen molar-refractivity contribution in [1.29, 1.82) is 0 Å². The highest BCUT2D eigenvalue weighted by molar-refractivity contribution is 5.80. The summed E-state index contributed by atoms with van der Waals surface area (Å²) < 4.78 is 1.84. The lowest BCUT2D eigenvalue weighted by Crippen LogP contribution is -2.44. The number of amides is 1. The van der Waals surface area contributed by atoms with Crippen LogP contribution in [0.25, 0.3) is 0 Å². The minimum Gasteiger partial charge on any atom is -0.481 e. The molecule has 1 N–H and O–H groups in total. The Morgan fingerprint density at radius 1 is 1.41 bits per heavy atom. The third-order valence-corrected chi connectivity index (χ3v) is 4.67. The normalized spacial score (nSPS) is 20.0. The van der Waals surface area contributed by atoms with E-state index in [1.54, 1.807) is 4.90 Å². The molecule has 0 bridgehead atoms. The largest absolute Gasteiger partial charge is 0.481 e. The first-order valence-corrected chi connectivity index (χ1v) is 7.82. The van der Waals surface area contributed by atoms with Crippen molar-refractivity contribution in [1.82, 2.24) is 14.7 Å². The van der Waals surface area contributed by atoms with Gasteiger partial charge in [-0.3, -0.25) is 14.3 Å². The van der Waals surface area contributed by atoms with Crippen LogP contribution in [0.4, 0.5) is 0 Å². The lowest BCUT2D eigenvalue weighted by Gasteiger charge is -2.32. The van der Waals surface area contributed by atoms with Crippen molar-refractivity contribution >= 4 is 11.9 Å². The molecule has 2 unspecified atom stereocenters. The van der Waals surface area contributed by atoms with Gasteiger partial charge < -0.3 is 10.0 Å². The second kappa shape index (κ2) is 6.50. The fourth-order valence-electron chi connectivity index (χ4n) is 3.20. The Bertz CT molecular complexity index is 579. The summed E-state index contributed by atoms with van der Waals surface area (Å²) in [7, 11) is 1.90. The highest BCUT2D eigenvalue weighted by Gasteiger charge is 2.30. The zero-order valence-corrected chi connectivity index (χ0v) is 13.8. The van der Waals surface area contributed by atoms with Crippen molar-refractivity contribution in [2.75, 3.05) is 13.1 Å². The topological polar surface area (TPSA) is 75.4 Å². The fraction of sp³-hybridized carbons (Fsp3) is 0.688. The summed E-state index contributed by atoms with van der Waals surface area (Å²) in [6.45, 7) is 6.88. The van der Waals surface area contributed by atoms with Gasteiger partial charge in [0.2, 0.25) is 5.91 Å². The van der Waals surface area contributed by atoms with Gasteiger partial charge in [0.25, 0.3) is 0 Å². The number of aromatic nitrogens is 2. The molecule has 2 rings (SSSR count). The smallest absolute Gasteiger partial charge is 0.308 e. The Labute approximate surface area is 131 Å². The molecule has 2 atom stereocenters. The van der Waals surface area contributed by atoms with Gasteiger partial charge in [0, 0.05) is 31.7 Å². The molecule has 1 amide bonds. The standard InChI is InChI=1S/C16H25N3O3/c1-10(8-14-11(2)17-18(4)12(14)3)15(20)19-7-5-6-13(9-19)16(21)22/h10,13H,5-9H2,1-4H3,(H,21,22). The van der Waals surface area contributed by atoms with Crippen LogP contribution in [0.1, 0.15) is 36.7 Å². The van der Waals surface area contributed by atoms with Crippen molar-refractivity contribution in [3.8, 4) is 0 Å². The van der Waals surface area contributed by atoms with E-state index in [1.807, 2.05) is 32.5 Å². The van der Waals surface area contributed by atoms with E-state index in [2.05, 4.69) is 5.10 Å². The first-order chi connectivity index (χ1) is 10.3. The Kier molecular flexibility index (Phi) is 4.88. The molecule has 1 aliphatic heterocycles. The van der Waals surface area contributed by atoms with E-state index in [1.165, 1.54) is 0 Å². The number of carbonyl (C=O) groups excluding carboxylic acids is 1. The number of piperidine rings is 1. The fourth-order valence-corrected chi connectivity index (χ4v) is 3.20. The molecule has 1 aromatic heterocycles. The van der Waals surface area contributed by atoms with Crippen LogP contribution in [-0.4, -0.2) is 44.8 Å². The maximum absolute atomic E-state index is 12.6. The summed E-state index contributed by atoms with van der Waals surface area (Å²) in [4.78, 5) is 25.4. The van der Waals surface area contributed by atoms with Gasteiger partial charge in [-0.1, -0.05) is 6.92 Å². The average Bonchev–Trinajstić information content (AvgIpc) is 2.73. The molecule has 6 heteroatoms. The van der Waals surface area contributed by atoms with Crippen molar-refractivity contribution < 1.29 is 14.7 Å². The monoisotopic (exact) mass is 307 g/mol. The van der Waals surface area contributed by atoms with Crippen LogP contribution in [-0.2, 0) is 23.1 Å². The minimum atomic E-state index is -0.802. The number of aliphatic carboxylic acids is 1. The number of likely N-dealkylation sites (tertiary alicyclic amines) is 1. The third kappa shape index (κ3) is 3.31. The van der Waals surface area contributed by atoms with Crippen LogP contribution in [0.3, 0.4) is 0 Å². The molecular weight excluding hydrogens is 282 g/mol. The van der Waals surface area contributed by atoms with Crippen molar-refractivity contribution in [3.63, 3.8) is 0 Å². The van der Waals surface area contributed by atoms with Gasteiger partial charge in [0.15, 0.2) is 0 Å². The van der Waals surface area contributed by atoms with Crippen molar-refractivity contribution in [2.24, 2.45) is 18.9 Å². The molecular formula is C16H25N3O3. The molecule has 0 radical (unpaired) electrons. The second-order valence-electron chi connectivity index (χ2n) is 6.34. The SMILES string of the molecule is Cc1nn(C)c(C)c1CC(C)C(=O)N1CCCC(C(=O)O)C1. The van der Waals surface area contributed by atoms with Crippen LogP contribution in [0.2, 0.25) is 0 Å². The lowest BCUT2D eigenvalue weighted by atomic mass is 9.94. The predicted octanol–water partition coefficient (Wildman–Crippen LogP) is 1.54. The number of aryl methyl sites for hydroxylation is 2. The number of carbonyl (C=O) groups is 2. The average molecular weight is 307 g/mol. The van der Waals surface area contributed by atoms with E-state index in [9.17, 15) is 9.59 Å². The van der Waals surface area contributed by atoms with Crippen molar-refractivity contribution in [3.05, 3.63) is 17.0 Å². The molecule has 1 aromatic rings. The number of carboxylic acids is 1. The van der Waals surface area contributed by atoms with Gasteiger partial charge in [-0.05, 0) is 38.7 Å². The van der Waals surface area contributed by atoms with Gasteiger partial charge in [-0.15, -0.1) is 0 Å². The highest BCUT2D eigenvalue weighted by Crippen LogP contribution is 2.22. The van der Waals surface area contributed by atoms with Gasteiger partial charge in [-0.2, -0.15) is 5.10 Å². The minimum absolute atomic E-state index is 0.0496. The molecule has 0 spiro atoms. The third-order valence-electron chi connectivity index (χ3n) is 4.67. The van der Waals surface area contributed by atoms with Gasteiger partial charge >= 0.3 is 5.97 Å². The van der Waals surface area contributed by atoms with E-state index in [0.29, 0.717) is 25.9 Å². The second-order valence-corrected chi connectivity index (χ2v) is 6.34. The number of hydrogen-bond acceptors (Lipinski definition) is 3. The van der Waals surface area contributed by atoms with E-state index in [4.69, 9.17) is 5.11 Å². The molecule has 2 heterocycles. The summed E-state index contributed by atoms with van der Waals surface area (Å²) in [5.41, 5.74) is 3.16. The quantitative estimate of drug-likeness (QED) is 0.915. The zero-order valence-electron chi connectivity index (χ0n) is 13.8. The first-order valence-electron chi connectivity index (χ1n) is 7.82. The van der Waals surface area contributed by atoms with Crippen LogP contribution < -0.4 is 0 Å². The Balaban J connectivity index is 2.04. The van der Waals surface area contributed by atoms with E-state index in [-0.39, 0.29) is 11.8 Å². The number of carboxylic acid groups (broad SMARTS) is 1. The molecule has 0 saturated carbocycles. The van der Waals surface area contributed by atoms with Crippen molar-refractivity contribution in [2.45, 2.75) is 40.0 Å². The summed E-state index contributed by atoms with van der Waals surface area (Å²) >= 11 is 0. The number of rotatable bonds is 4. The maximum Gasteiger partial charge on any atom is 0.308 e. The van der Waals surface area contributed by atoms with E-state index < -0.39 is 11.9 Å². The lowest BCUT2D eigenvalue weighted by molar-refractivity contribution is -0.146. The van der Waals surface area contributed by atoms with Crippen LogP contribution >= 0.6 is 0 Å². The summed E-state index contributed by atoms with van der Waals surface area (Å²) in [6.07, 6.45) is 2.08. The summed E-state index contributed by atoms with van der Waals surface area (Å²) in [6, 6.07) is 0. The van der Waals surface area contributed by atoms with Gasteiger partial charge in [0.1, 0.15) is 0 Å². The summed E-state index contributed by atoms with van der Waals surface area (Å²) in [5, 5.41) is 13.5. The van der Waals surface area contributed by atoms with Crippen LogP contribution in [0.5, 0.6) is 0 Å². The molecule has 6 nitrogen and oxygen atoms in total. The van der Waals surface area contributed by atoms with Crippen LogP contribution in [0, 0.1) is 25.7 Å². The Morgan fingerprint density at radius 2 is 2.09 bits per heavy atom. The van der Waals surface area contributed by atoms with E-state index >= 15 is 0 Å². The molecule has 22 heavy (non-hydrogen) atoms. The molecule has 0 aliphatic carbocycles. The molecule has 0 aromatic carbocycles. The zero-order chi connectivity index (χ0) is 16.4. The molecule has 1 saturated heterocycles. The summed E-state index contributed by atoms with van der Waals surface area (Å²) in [5.74, 6) is -1.33. The first kappa shape index (κ1) is 16.5. The van der Waals surface area contributed by atoms with Crippen LogP contribution in [0.15, 0.2) is 0 Å². The Hall–Kier alpha value is -1.85. The maximum atomic E-state index is 12.6. The molecule has 122 valence electrons. The number of hydrogen-bond donors (Lipinski definition) is 1. The van der Waals surface area contributed by atoms with Gasteiger partial charge in [0.05, 0.1) is 11.6 Å². The molecule has 1 aliphatic rings. The van der Waals surface area contributed by atoms with Gasteiger partial charge in [-0.25, -0.2) is 0 Å². The molecule has 1 fully saturated rings. The van der Waals surface area contributed by atoms with E-state index in [0.717, 1.165) is 23.4 Å². The number of nitrogens with zero attached hydrogens (tertiary/aromatic N) is 3. The Morgan fingerprint density at radius 3 is 2.64 bits per heavy atom. The predicted molar refractivity (Wildman–Crippen MR) is 82.5 cm³/mol.